The predicted octanol–water partition coefficient (Wildman–Crippen LogP) is 2.11. The molecule has 0 aromatic heterocycles. The molecule has 1 rings (SSSR count). The normalized spacial score (nSPS) is 19.5. The van der Waals surface area contributed by atoms with Crippen LogP contribution in [0.4, 0.5) is 0 Å². The van der Waals surface area contributed by atoms with Crippen LogP contribution in [0.3, 0.4) is 0 Å². The largest absolute Gasteiger partial charge is 0.272 e. The maximum absolute atomic E-state index is 8.44. The van der Waals surface area contributed by atoms with Crippen LogP contribution in [0.25, 0.3) is 0 Å². The molecule has 72 valence electrons. The molecule has 1 aliphatic carbocycles. The van der Waals surface area contributed by atoms with E-state index in [4.69, 9.17) is 5.26 Å². The fourth-order valence-corrected chi connectivity index (χ4v) is 1.96. The molecule has 0 aliphatic heterocycles. The zero-order valence-corrected chi connectivity index (χ0v) is 8.73. The van der Waals surface area contributed by atoms with E-state index in [9.17, 15) is 0 Å². The van der Waals surface area contributed by atoms with Crippen LogP contribution in [-0.2, 0) is 0 Å². The van der Waals surface area contributed by atoms with Crippen LogP contribution >= 0.6 is 11.8 Å². The predicted molar refractivity (Wildman–Crippen MR) is 56.6 cm³/mol. The summed E-state index contributed by atoms with van der Waals surface area (Å²) in [5.74, 6) is 0. The van der Waals surface area contributed by atoms with Crippen molar-refractivity contribution in [2.24, 2.45) is 4.99 Å². The maximum Gasteiger partial charge on any atom is 0.183 e. The van der Waals surface area contributed by atoms with Crippen molar-refractivity contribution in [3.63, 3.8) is 0 Å². The highest BCUT2D eigenvalue weighted by Crippen LogP contribution is 2.20. The van der Waals surface area contributed by atoms with E-state index in [2.05, 4.69) is 10.3 Å². The van der Waals surface area contributed by atoms with Gasteiger partial charge in [0, 0.05) is 0 Å². The van der Waals surface area contributed by atoms with Gasteiger partial charge in [0.2, 0.25) is 0 Å². The lowest BCUT2D eigenvalue weighted by Gasteiger charge is -2.18. The fraction of sp³-hybridized carbons (Fsp3) is 0.778. The number of aliphatic imine (C=N–C) groups is 1. The number of rotatable bonds is 1. The van der Waals surface area contributed by atoms with Crippen LogP contribution in [0.15, 0.2) is 4.99 Å². The second-order valence-corrected chi connectivity index (χ2v) is 3.96. The number of nitriles is 1. The van der Waals surface area contributed by atoms with E-state index in [0.29, 0.717) is 6.04 Å². The molecule has 0 spiro atoms. The van der Waals surface area contributed by atoms with E-state index in [0.717, 1.165) is 5.17 Å². The molecule has 13 heavy (non-hydrogen) atoms. The highest BCUT2D eigenvalue weighted by molar-refractivity contribution is 8.13. The molecule has 1 aliphatic rings. The fourth-order valence-electron chi connectivity index (χ4n) is 1.56. The highest BCUT2D eigenvalue weighted by atomic mass is 32.2. The van der Waals surface area contributed by atoms with Crippen molar-refractivity contribution < 1.29 is 0 Å². The Labute approximate surface area is 83.6 Å². The Morgan fingerprint density at radius 3 is 2.69 bits per heavy atom. The molecule has 4 heteroatoms. The van der Waals surface area contributed by atoms with Crippen molar-refractivity contribution in [1.29, 1.82) is 5.26 Å². The van der Waals surface area contributed by atoms with Crippen LogP contribution in [0.5, 0.6) is 0 Å². The molecule has 0 heterocycles. The minimum absolute atomic E-state index is 0.442. The lowest BCUT2D eigenvalue weighted by molar-refractivity contribution is 0.443. The minimum Gasteiger partial charge on any atom is -0.272 e. The van der Waals surface area contributed by atoms with Crippen molar-refractivity contribution in [3.05, 3.63) is 0 Å². The third-order valence-electron chi connectivity index (χ3n) is 2.23. The zero-order chi connectivity index (χ0) is 9.52. The van der Waals surface area contributed by atoms with Gasteiger partial charge in [0.05, 0.1) is 6.04 Å². The van der Waals surface area contributed by atoms with Crippen molar-refractivity contribution in [2.45, 2.75) is 38.1 Å². The molecule has 0 aromatic rings. The average molecular weight is 197 g/mol. The van der Waals surface area contributed by atoms with Crippen LogP contribution in [0.2, 0.25) is 0 Å². The van der Waals surface area contributed by atoms with Gasteiger partial charge in [0.25, 0.3) is 0 Å². The number of thioether (sulfide) groups is 1. The Hall–Kier alpha value is -0.690. The summed E-state index contributed by atoms with van der Waals surface area (Å²) in [5, 5.41) is 11.8. The first-order valence-corrected chi connectivity index (χ1v) is 5.86. The standard InChI is InChI=1S/C9H15N3S/c1-13-9(11-7-10)12-8-5-3-2-4-6-8/h8H,2-6H2,1H3,(H,11,12). The Balaban J connectivity index is 2.45. The summed E-state index contributed by atoms with van der Waals surface area (Å²) in [6.45, 7) is 0. The van der Waals surface area contributed by atoms with Gasteiger partial charge in [-0.15, -0.1) is 0 Å². The van der Waals surface area contributed by atoms with E-state index >= 15 is 0 Å². The second kappa shape index (κ2) is 5.87. The summed E-state index contributed by atoms with van der Waals surface area (Å²) >= 11 is 1.50. The van der Waals surface area contributed by atoms with Gasteiger partial charge in [-0.3, -0.25) is 10.3 Å². The number of amidine groups is 1. The van der Waals surface area contributed by atoms with Crippen molar-refractivity contribution in [3.8, 4) is 6.19 Å². The van der Waals surface area contributed by atoms with Gasteiger partial charge < -0.3 is 0 Å². The van der Waals surface area contributed by atoms with Gasteiger partial charge in [-0.1, -0.05) is 31.0 Å². The summed E-state index contributed by atoms with van der Waals surface area (Å²) in [7, 11) is 0. The second-order valence-electron chi connectivity index (χ2n) is 3.17. The molecule has 0 aromatic carbocycles. The number of hydrogen-bond acceptors (Lipinski definition) is 3. The van der Waals surface area contributed by atoms with Gasteiger partial charge >= 0.3 is 0 Å². The van der Waals surface area contributed by atoms with E-state index in [1.54, 1.807) is 0 Å². The van der Waals surface area contributed by atoms with Gasteiger partial charge in [-0.2, -0.15) is 5.26 Å². The summed E-state index contributed by atoms with van der Waals surface area (Å²) in [6, 6.07) is 0.442. The number of nitrogens with zero attached hydrogens (tertiary/aromatic N) is 2. The molecule has 0 bridgehead atoms. The third-order valence-corrected chi connectivity index (χ3v) is 2.82. The highest BCUT2D eigenvalue weighted by Gasteiger charge is 2.12. The minimum atomic E-state index is 0.442. The molecule has 0 unspecified atom stereocenters. The first kappa shape index (κ1) is 10.4. The molecular weight excluding hydrogens is 182 g/mol. The maximum atomic E-state index is 8.44. The molecule has 3 nitrogen and oxygen atoms in total. The Morgan fingerprint density at radius 2 is 2.15 bits per heavy atom. The Bertz CT molecular complexity index is 213. The van der Waals surface area contributed by atoms with E-state index < -0.39 is 0 Å². The van der Waals surface area contributed by atoms with Crippen LogP contribution in [0, 0.1) is 11.5 Å². The van der Waals surface area contributed by atoms with Crippen molar-refractivity contribution >= 4 is 16.9 Å². The molecule has 1 saturated carbocycles. The van der Waals surface area contributed by atoms with Gasteiger partial charge in [-0.05, 0) is 19.1 Å². The molecule has 0 radical (unpaired) electrons. The van der Waals surface area contributed by atoms with Gasteiger partial charge in [0.15, 0.2) is 11.4 Å². The Kier molecular flexibility index (Phi) is 4.69. The summed E-state index contributed by atoms with van der Waals surface area (Å²) in [4.78, 5) is 4.49. The van der Waals surface area contributed by atoms with Gasteiger partial charge in [-0.25, -0.2) is 0 Å². The summed E-state index contributed by atoms with van der Waals surface area (Å²) < 4.78 is 0. The van der Waals surface area contributed by atoms with Crippen LogP contribution in [-0.4, -0.2) is 17.5 Å². The van der Waals surface area contributed by atoms with Crippen molar-refractivity contribution in [2.75, 3.05) is 6.26 Å². The first-order chi connectivity index (χ1) is 6.36. The molecule has 0 saturated heterocycles. The third kappa shape index (κ3) is 3.69. The SMILES string of the molecule is CSC(=NC1CCCCC1)NC#N. The average Bonchev–Trinajstić information content (AvgIpc) is 2.19. The lowest BCUT2D eigenvalue weighted by atomic mass is 9.96. The first-order valence-electron chi connectivity index (χ1n) is 4.63. The smallest absolute Gasteiger partial charge is 0.183 e. The monoisotopic (exact) mass is 197 g/mol. The molecule has 1 fully saturated rings. The number of hydrogen-bond donors (Lipinski definition) is 1. The van der Waals surface area contributed by atoms with Gasteiger partial charge in [0.1, 0.15) is 0 Å². The van der Waals surface area contributed by atoms with E-state index in [-0.39, 0.29) is 0 Å². The molecule has 1 N–H and O–H groups in total. The van der Waals surface area contributed by atoms with Crippen LogP contribution < -0.4 is 5.32 Å². The Morgan fingerprint density at radius 1 is 1.46 bits per heavy atom. The zero-order valence-electron chi connectivity index (χ0n) is 7.92. The van der Waals surface area contributed by atoms with Crippen LogP contribution in [0.1, 0.15) is 32.1 Å². The topological polar surface area (TPSA) is 48.2 Å². The van der Waals surface area contributed by atoms with E-state index in [1.807, 2.05) is 12.4 Å². The quantitative estimate of drug-likeness (QED) is 0.303. The van der Waals surface area contributed by atoms with Crippen molar-refractivity contribution in [1.82, 2.24) is 5.32 Å². The molecular formula is C9H15N3S. The molecule has 0 atom stereocenters. The number of nitrogens with one attached hydrogen (secondary N) is 1. The summed E-state index contributed by atoms with van der Waals surface area (Å²) in [5.41, 5.74) is 0. The summed E-state index contributed by atoms with van der Waals surface area (Å²) in [6.07, 6.45) is 10.1. The van der Waals surface area contributed by atoms with E-state index in [1.165, 1.54) is 43.9 Å². The lowest BCUT2D eigenvalue weighted by Crippen LogP contribution is -2.19. The molecule has 0 amide bonds.